The summed E-state index contributed by atoms with van der Waals surface area (Å²) in [5.74, 6) is -2.09. The number of hydrazine groups is 2. The summed E-state index contributed by atoms with van der Waals surface area (Å²) in [5.41, 5.74) is 10.4. The number of rotatable bonds is 14. The average molecular weight is 999 g/mol. The molecule has 5 atom stereocenters. The third-order valence-electron chi connectivity index (χ3n) is 13.9. The first-order valence-corrected chi connectivity index (χ1v) is 26.1. The Kier molecular flexibility index (Phi) is 16.1. The molecule has 0 aliphatic carbocycles. The third-order valence-corrected chi connectivity index (χ3v) is 15.4. The number of phenols is 1. The molecule has 2 saturated heterocycles. The largest absolute Gasteiger partial charge is 0.508 e. The van der Waals surface area contributed by atoms with Gasteiger partial charge in [-0.2, -0.15) is 4.31 Å². The van der Waals surface area contributed by atoms with Crippen molar-refractivity contribution in [1.82, 2.24) is 39.5 Å². The number of methoxy groups -OCH3 is 1. The van der Waals surface area contributed by atoms with Crippen LogP contribution in [0.15, 0.2) is 60.6 Å². The Bertz CT molecular complexity index is 2790. The van der Waals surface area contributed by atoms with E-state index in [-0.39, 0.29) is 50.9 Å². The van der Waals surface area contributed by atoms with Gasteiger partial charge >= 0.3 is 5.97 Å². The Balaban J connectivity index is 1.33. The zero-order chi connectivity index (χ0) is 51.7. The molecule has 3 N–H and O–H groups in total. The molecule has 19 heteroatoms. The number of phenolic OH excluding ortho intramolecular Hbond substituents is 1. The molecule has 6 bridgehead atoms. The van der Waals surface area contributed by atoms with E-state index >= 15 is 0 Å². The van der Waals surface area contributed by atoms with Gasteiger partial charge in [-0.3, -0.25) is 24.4 Å². The first kappa shape index (κ1) is 53.1. The van der Waals surface area contributed by atoms with Crippen LogP contribution in [0.4, 0.5) is 0 Å². The van der Waals surface area contributed by atoms with Gasteiger partial charge in [-0.1, -0.05) is 46.4 Å². The summed E-state index contributed by atoms with van der Waals surface area (Å²) >= 11 is 0. The summed E-state index contributed by atoms with van der Waals surface area (Å²) in [6, 6.07) is 9.68. The normalized spacial score (nSPS) is 21.0. The van der Waals surface area contributed by atoms with Crippen LogP contribution < -0.4 is 10.7 Å². The van der Waals surface area contributed by atoms with Crippen molar-refractivity contribution in [2.75, 3.05) is 54.5 Å². The lowest BCUT2D eigenvalue weighted by Crippen LogP contribution is -2.62. The molecule has 7 rings (SSSR count). The van der Waals surface area contributed by atoms with Crippen LogP contribution in [-0.2, 0) is 59.8 Å². The number of nitrogens with one attached hydrogen (secondary N) is 2. The van der Waals surface area contributed by atoms with Crippen LogP contribution >= 0.6 is 0 Å². The number of amides is 2. The van der Waals surface area contributed by atoms with E-state index in [4.69, 9.17) is 14.5 Å². The van der Waals surface area contributed by atoms with Crippen molar-refractivity contribution in [3.8, 4) is 28.1 Å². The van der Waals surface area contributed by atoms with Crippen molar-refractivity contribution in [3.05, 3.63) is 87.9 Å². The van der Waals surface area contributed by atoms with E-state index < -0.39 is 63.3 Å². The lowest BCUT2D eigenvalue weighted by atomic mass is 9.84. The van der Waals surface area contributed by atoms with Crippen LogP contribution in [0.25, 0.3) is 33.3 Å². The smallest absolute Gasteiger partial charge is 0.324 e. The second-order valence-corrected chi connectivity index (χ2v) is 22.6. The molecule has 3 aliphatic heterocycles. The van der Waals surface area contributed by atoms with Gasteiger partial charge in [0.2, 0.25) is 22.0 Å². The quantitative estimate of drug-likeness (QED) is 0.0790. The van der Waals surface area contributed by atoms with Crippen molar-refractivity contribution in [3.63, 3.8) is 0 Å². The molecule has 2 amide bonds. The lowest BCUT2D eigenvalue weighted by Gasteiger charge is -2.36. The number of sulfonamides is 1. The van der Waals surface area contributed by atoms with E-state index in [2.05, 4.69) is 65.8 Å². The van der Waals surface area contributed by atoms with Crippen molar-refractivity contribution >= 4 is 38.7 Å². The summed E-state index contributed by atoms with van der Waals surface area (Å²) in [5, 5.41) is 18.8. The molecule has 4 aromatic rings. The minimum Gasteiger partial charge on any atom is -0.508 e. The predicted octanol–water partition coefficient (Wildman–Crippen LogP) is 5.71. The summed E-state index contributed by atoms with van der Waals surface area (Å²) in [4.78, 5) is 65.0. The SMILES string of the molecule is C=CS(=O)(=O)N1CC[C@H]([N+](=O)N(C)[C@H](C(=O)NC2Cc3cc(O)cc(c3)-c3ccc4c(c3)c(c(-c3cc(CN(C)C)cnc3[C@H](C)OC)n4CC)CC(C)(C)COC(=O)[C@@H]3CCCN(N3)C2=O)C(C)C)C1. The molecule has 5 heterocycles. The van der Waals surface area contributed by atoms with Gasteiger partial charge in [0.05, 0.1) is 42.6 Å². The summed E-state index contributed by atoms with van der Waals surface area (Å²) in [7, 11) is 3.46. The van der Waals surface area contributed by atoms with Gasteiger partial charge in [-0.15, -0.1) is 5.01 Å². The minimum absolute atomic E-state index is 0.0375. The van der Waals surface area contributed by atoms with Gasteiger partial charge < -0.3 is 29.4 Å². The van der Waals surface area contributed by atoms with Gasteiger partial charge in [0.25, 0.3) is 5.91 Å². The van der Waals surface area contributed by atoms with Crippen molar-refractivity contribution in [1.29, 1.82) is 0 Å². The number of aryl methyl sites for hydroxylation is 1. The van der Waals surface area contributed by atoms with Crippen molar-refractivity contribution in [2.24, 2.45) is 11.3 Å². The number of aromatic hydroxyl groups is 1. The Morgan fingerprint density at radius 3 is 2.52 bits per heavy atom. The van der Waals surface area contributed by atoms with Gasteiger partial charge in [0, 0.05) is 79.6 Å². The molecular weight excluding hydrogens is 927 g/mol. The Labute approximate surface area is 417 Å². The number of nitrogens with zero attached hydrogens (tertiary/aromatic N) is 7. The number of hydrogen-bond donors (Lipinski definition) is 3. The highest BCUT2D eigenvalue weighted by Crippen LogP contribution is 2.43. The number of esters is 1. The van der Waals surface area contributed by atoms with Gasteiger partial charge in [-0.25, -0.2) is 13.8 Å². The molecule has 2 aromatic carbocycles. The number of hydrogen-bond acceptors (Lipinski definition) is 12. The van der Waals surface area contributed by atoms with Gasteiger partial charge in [0.1, 0.15) is 22.7 Å². The Hall–Kier alpha value is -5.73. The van der Waals surface area contributed by atoms with E-state index in [9.17, 15) is 32.8 Å². The minimum atomic E-state index is -3.75. The van der Waals surface area contributed by atoms with Crippen LogP contribution in [0, 0.1) is 16.2 Å². The second kappa shape index (κ2) is 21.5. The number of aromatic nitrogens is 2. The highest BCUT2D eigenvalue weighted by molar-refractivity contribution is 7.92. The Morgan fingerprint density at radius 2 is 1.85 bits per heavy atom. The second-order valence-electron chi connectivity index (χ2n) is 20.7. The fourth-order valence-corrected chi connectivity index (χ4v) is 11.3. The molecule has 0 spiro atoms. The molecule has 18 nitrogen and oxygen atoms in total. The number of fused-ring (bicyclic) bond motifs is 6. The molecule has 3 aliphatic rings. The first-order chi connectivity index (χ1) is 33.6. The van der Waals surface area contributed by atoms with Crippen LogP contribution in [0.2, 0.25) is 0 Å². The first-order valence-electron chi connectivity index (χ1n) is 24.6. The maximum atomic E-state index is 14.8. The lowest BCUT2D eigenvalue weighted by molar-refractivity contribution is -0.732. The van der Waals surface area contributed by atoms with Crippen molar-refractivity contribution in [2.45, 2.75) is 117 Å². The molecule has 0 saturated carbocycles. The number of benzene rings is 2. The van der Waals surface area contributed by atoms with Gasteiger partial charge in [-0.05, 0) is 111 Å². The maximum absolute atomic E-state index is 14.8. The number of nitroso groups, excluding NO2 is 1. The molecular formula is C52H72N9O9S+. The van der Waals surface area contributed by atoms with Crippen LogP contribution in [0.3, 0.4) is 0 Å². The van der Waals surface area contributed by atoms with Crippen LogP contribution in [0.1, 0.15) is 89.3 Å². The topological polar surface area (TPSA) is 199 Å². The highest BCUT2D eigenvalue weighted by atomic mass is 32.2. The summed E-state index contributed by atoms with van der Waals surface area (Å²) in [6.07, 6.45) is 3.18. The number of carbonyl (C=O) groups is 3. The maximum Gasteiger partial charge on any atom is 0.324 e. The molecule has 2 fully saturated rings. The highest BCUT2D eigenvalue weighted by Gasteiger charge is 2.46. The predicted molar refractivity (Wildman–Crippen MR) is 272 cm³/mol. The number of cyclic esters (lactones) is 1. The number of pyridine rings is 1. The van der Waals surface area contributed by atoms with E-state index in [1.165, 1.54) is 21.4 Å². The molecule has 0 radical (unpaired) electrons. The van der Waals surface area contributed by atoms with Crippen LogP contribution in [0.5, 0.6) is 5.75 Å². The van der Waals surface area contributed by atoms with E-state index in [0.717, 1.165) is 50.0 Å². The fraction of sp³-hybridized carbons (Fsp3) is 0.538. The zero-order valence-corrected chi connectivity index (χ0v) is 43.7. The van der Waals surface area contributed by atoms with Crippen molar-refractivity contribution < 1.29 is 42.3 Å². The Morgan fingerprint density at radius 1 is 1.10 bits per heavy atom. The fourth-order valence-electron chi connectivity index (χ4n) is 10.4. The summed E-state index contributed by atoms with van der Waals surface area (Å²) < 4.78 is 40.6. The molecule has 384 valence electrons. The van der Waals surface area contributed by atoms with Gasteiger partial charge in [0.15, 0.2) is 6.04 Å². The zero-order valence-electron chi connectivity index (χ0n) is 42.9. The summed E-state index contributed by atoms with van der Waals surface area (Å²) in [6.45, 7) is 16.9. The monoisotopic (exact) mass is 999 g/mol. The molecule has 2 aromatic heterocycles. The van der Waals surface area contributed by atoms with Crippen LogP contribution in [-0.4, -0.2) is 144 Å². The molecule has 71 heavy (non-hydrogen) atoms. The standard InChI is InChI=1S/C52H71N9O9S/c1-12-59-45-17-16-36-26-40(45)42(48(59)41-23-35(29-56(8)9)28-53-46(41)33(5)69-11)27-52(6,7)31-70-51(65)43-15-14-19-60(55-43)50(64)44(24-34-21-37(36)25-39(62)22-34)54-49(63)47(32(3)4)57(10)61(66)38-18-20-58(30-38)71(67,68)13-2/h13,16-17,21-23,25-26,28,32-33,38,43-44,47,55H,2,12,14-15,18-20,24,27,29-31H2,1,3-11H3,(H-,54,62,63)/p+1/t33-,38-,43-,44?,47-/m0/s1. The average Bonchev–Trinajstić information content (AvgIpc) is 3.95. The van der Waals surface area contributed by atoms with E-state index in [0.29, 0.717) is 48.3 Å². The third kappa shape index (κ3) is 11.5. The number of likely N-dealkylation sites (N-methyl/N-ethyl adjacent to an activating group) is 1. The number of carbonyl (C=O) groups excluding carboxylic acids is 3. The molecule has 1 unspecified atom stereocenters. The number of ether oxygens (including phenoxy) is 2. The van der Waals surface area contributed by atoms with E-state index in [1.807, 2.05) is 39.3 Å². The van der Waals surface area contributed by atoms with E-state index in [1.54, 1.807) is 33.1 Å².